The number of rotatable bonds is 1. The van der Waals surface area contributed by atoms with E-state index in [4.69, 9.17) is 4.74 Å². The first-order chi connectivity index (χ1) is 10.7. The molecule has 4 rings (SSSR count). The topological polar surface area (TPSA) is 9.23 Å². The summed E-state index contributed by atoms with van der Waals surface area (Å²) < 4.78 is 6.56. The lowest BCUT2D eigenvalue weighted by Crippen LogP contribution is -2.34. The second-order valence-corrected chi connectivity index (χ2v) is 6.00. The minimum atomic E-state index is -0.461. The normalized spacial score (nSPS) is 19.0. The van der Waals surface area contributed by atoms with Crippen LogP contribution >= 0.6 is 0 Å². The quantitative estimate of drug-likeness (QED) is 0.588. The van der Waals surface area contributed by atoms with E-state index in [0.717, 1.165) is 5.75 Å². The summed E-state index contributed by atoms with van der Waals surface area (Å²) in [4.78, 5) is 0. The van der Waals surface area contributed by atoms with Gasteiger partial charge in [-0.3, -0.25) is 0 Å². The summed E-state index contributed by atoms with van der Waals surface area (Å²) in [5.74, 6) is 0.993. The van der Waals surface area contributed by atoms with Gasteiger partial charge in [-0.2, -0.15) is 0 Å². The van der Waals surface area contributed by atoms with Gasteiger partial charge < -0.3 is 4.74 Å². The van der Waals surface area contributed by atoms with Crippen molar-refractivity contribution in [3.8, 4) is 16.9 Å². The van der Waals surface area contributed by atoms with E-state index in [1.54, 1.807) is 0 Å². The van der Waals surface area contributed by atoms with Gasteiger partial charge >= 0.3 is 0 Å². The van der Waals surface area contributed by atoms with Crippen molar-refractivity contribution >= 4 is 0 Å². The van der Waals surface area contributed by atoms with Crippen LogP contribution in [0.25, 0.3) is 11.1 Å². The van der Waals surface area contributed by atoms with Crippen molar-refractivity contribution in [2.45, 2.75) is 19.4 Å². The Morgan fingerprint density at radius 1 is 0.727 bits per heavy atom. The zero-order valence-corrected chi connectivity index (χ0v) is 12.8. The molecule has 1 heterocycles. The lowest BCUT2D eigenvalue weighted by atomic mass is 9.80. The third-order valence-electron chi connectivity index (χ3n) is 4.57. The van der Waals surface area contributed by atoms with Crippen molar-refractivity contribution in [2.24, 2.45) is 0 Å². The predicted octanol–water partition coefficient (Wildman–Crippen LogP) is 5.32. The highest BCUT2D eigenvalue weighted by atomic mass is 16.5. The summed E-state index contributed by atoms with van der Waals surface area (Å²) in [6.45, 7) is 4.27. The van der Waals surface area contributed by atoms with Gasteiger partial charge in [0.2, 0.25) is 0 Å². The molecule has 1 aliphatic heterocycles. The molecule has 0 saturated heterocycles. The molecule has 1 aliphatic rings. The van der Waals surface area contributed by atoms with Gasteiger partial charge in [0, 0.05) is 11.1 Å². The SMILES string of the molecule is Cc1cccc2c1OC(C)(c1ccccc1)c1ccccc1-2. The lowest BCUT2D eigenvalue weighted by Gasteiger charge is -2.38. The molecule has 3 aromatic rings. The zero-order valence-electron chi connectivity index (χ0n) is 12.8. The van der Waals surface area contributed by atoms with Crippen molar-refractivity contribution in [1.82, 2.24) is 0 Å². The van der Waals surface area contributed by atoms with Gasteiger partial charge in [0.05, 0.1) is 0 Å². The first kappa shape index (κ1) is 13.1. The molecule has 0 fully saturated rings. The Morgan fingerprint density at radius 2 is 1.41 bits per heavy atom. The monoisotopic (exact) mass is 286 g/mol. The summed E-state index contributed by atoms with van der Waals surface area (Å²) in [6, 6.07) is 25.4. The first-order valence-corrected chi connectivity index (χ1v) is 7.64. The van der Waals surface area contributed by atoms with E-state index in [1.165, 1.54) is 27.8 Å². The molecule has 1 atom stereocenters. The van der Waals surface area contributed by atoms with Crippen molar-refractivity contribution in [2.75, 3.05) is 0 Å². The number of aryl methyl sites for hydroxylation is 1. The van der Waals surface area contributed by atoms with E-state index in [0.29, 0.717) is 0 Å². The molecule has 22 heavy (non-hydrogen) atoms. The van der Waals surface area contributed by atoms with E-state index in [-0.39, 0.29) is 0 Å². The first-order valence-electron chi connectivity index (χ1n) is 7.64. The average Bonchev–Trinajstić information content (AvgIpc) is 2.57. The summed E-state index contributed by atoms with van der Waals surface area (Å²) in [5, 5.41) is 0. The minimum Gasteiger partial charge on any atom is -0.477 e. The summed E-state index contributed by atoms with van der Waals surface area (Å²) in [6.07, 6.45) is 0. The van der Waals surface area contributed by atoms with E-state index in [9.17, 15) is 0 Å². The molecule has 1 unspecified atom stereocenters. The van der Waals surface area contributed by atoms with Crippen LogP contribution in [0.4, 0.5) is 0 Å². The predicted molar refractivity (Wildman–Crippen MR) is 90.1 cm³/mol. The zero-order chi connectivity index (χ0) is 15.2. The van der Waals surface area contributed by atoms with Crippen LogP contribution in [0.5, 0.6) is 5.75 Å². The highest BCUT2D eigenvalue weighted by Gasteiger charge is 2.38. The molecular weight excluding hydrogens is 268 g/mol. The largest absolute Gasteiger partial charge is 0.477 e. The fraction of sp³-hybridized carbons (Fsp3) is 0.143. The lowest BCUT2D eigenvalue weighted by molar-refractivity contribution is 0.128. The number of para-hydroxylation sites is 1. The van der Waals surface area contributed by atoms with Gasteiger partial charge in [0.1, 0.15) is 5.75 Å². The maximum atomic E-state index is 6.56. The molecule has 0 radical (unpaired) electrons. The molecule has 0 N–H and O–H groups in total. The Labute approximate surface area is 131 Å². The van der Waals surface area contributed by atoms with Crippen LogP contribution in [0.2, 0.25) is 0 Å². The molecule has 0 bridgehead atoms. The summed E-state index contributed by atoms with van der Waals surface area (Å²) >= 11 is 0. The summed E-state index contributed by atoms with van der Waals surface area (Å²) in [5.41, 5.74) is 5.56. The number of ether oxygens (including phenoxy) is 1. The molecule has 1 heteroatoms. The van der Waals surface area contributed by atoms with Crippen LogP contribution in [0.15, 0.2) is 72.8 Å². The van der Waals surface area contributed by atoms with Crippen LogP contribution in [0.1, 0.15) is 23.6 Å². The molecule has 0 amide bonds. The van der Waals surface area contributed by atoms with Crippen LogP contribution in [0, 0.1) is 6.92 Å². The van der Waals surface area contributed by atoms with E-state index in [2.05, 4.69) is 80.6 Å². The smallest absolute Gasteiger partial charge is 0.157 e. The Morgan fingerprint density at radius 3 is 2.23 bits per heavy atom. The fourth-order valence-corrected chi connectivity index (χ4v) is 3.36. The summed E-state index contributed by atoms with van der Waals surface area (Å²) in [7, 11) is 0. The van der Waals surface area contributed by atoms with Gasteiger partial charge in [-0.1, -0.05) is 72.8 Å². The third-order valence-corrected chi connectivity index (χ3v) is 4.57. The number of hydrogen-bond acceptors (Lipinski definition) is 1. The van der Waals surface area contributed by atoms with Crippen LogP contribution < -0.4 is 4.74 Å². The van der Waals surface area contributed by atoms with Gasteiger partial charge in [0.15, 0.2) is 5.60 Å². The van der Waals surface area contributed by atoms with E-state index in [1.807, 2.05) is 6.07 Å². The maximum Gasteiger partial charge on any atom is 0.157 e. The highest BCUT2D eigenvalue weighted by Crippen LogP contribution is 2.48. The number of hydrogen-bond donors (Lipinski definition) is 0. The van der Waals surface area contributed by atoms with Crippen LogP contribution in [-0.2, 0) is 5.60 Å². The molecule has 3 aromatic carbocycles. The Bertz CT molecular complexity index is 836. The average molecular weight is 286 g/mol. The molecule has 0 saturated carbocycles. The molecule has 0 aromatic heterocycles. The van der Waals surface area contributed by atoms with Crippen molar-refractivity contribution in [3.05, 3.63) is 89.5 Å². The van der Waals surface area contributed by atoms with Crippen molar-refractivity contribution in [3.63, 3.8) is 0 Å². The molecular formula is C21H18O. The third kappa shape index (κ3) is 1.79. The molecule has 0 aliphatic carbocycles. The number of benzene rings is 3. The highest BCUT2D eigenvalue weighted by molar-refractivity contribution is 5.78. The van der Waals surface area contributed by atoms with Gasteiger partial charge in [0.25, 0.3) is 0 Å². The Kier molecular flexibility index (Phi) is 2.83. The van der Waals surface area contributed by atoms with Crippen LogP contribution in [0.3, 0.4) is 0 Å². The number of fused-ring (bicyclic) bond motifs is 3. The van der Waals surface area contributed by atoms with Crippen molar-refractivity contribution < 1.29 is 4.74 Å². The second kappa shape index (κ2) is 4.74. The molecule has 1 nitrogen and oxygen atoms in total. The standard InChI is InChI=1S/C21H18O/c1-15-9-8-13-18-17-12-6-7-14-19(17)21(2,22-20(15)18)16-10-4-3-5-11-16/h3-14H,1-2H3. The fourth-order valence-electron chi connectivity index (χ4n) is 3.36. The van der Waals surface area contributed by atoms with Gasteiger partial charge in [-0.05, 0) is 30.5 Å². The van der Waals surface area contributed by atoms with E-state index >= 15 is 0 Å². The van der Waals surface area contributed by atoms with Crippen molar-refractivity contribution in [1.29, 1.82) is 0 Å². The van der Waals surface area contributed by atoms with Gasteiger partial charge in [-0.25, -0.2) is 0 Å². The Balaban J connectivity index is 2.03. The van der Waals surface area contributed by atoms with E-state index < -0.39 is 5.60 Å². The van der Waals surface area contributed by atoms with Crippen LogP contribution in [-0.4, -0.2) is 0 Å². The second-order valence-electron chi connectivity index (χ2n) is 6.00. The minimum absolute atomic E-state index is 0.461. The molecule has 0 spiro atoms. The van der Waals surface area contributed by atoms with Gasteiger partial charge in [-0.15, -0.1) is 0 Å². The maximum absolute atomic E-state index is 6.56. The Hall–Kier alpha value is -2.54. The molecule has 108 valence electrons.